The fourth-order valence-corrected chi connectivity index (χ4v) is 3.66. The Bertz CT molecular complexity index is 952. The molecule has 0 fully saturated rings. The molecule has 3 aromatic rings. The molecule has 1 aliphatic rings. The van der Waals surface area contributed by atoms with E-state index in [-0.39, 0.29) is 11.7 Å². The molecule has 4 nitrogen and oxygen atoms in total. The van der Waals surface area contributed by atoms with Gasteiger partial charge in [0.15, 0.2) is 0 Å². The number of ether oxygens (including phenoxy) is 1. The molecule has 4 heteroatoms. The third-order valence-corrected chi connectivity index (χ3v) is 4.88. The monoisotopic (exact) mass is 334 g/mol. The highest BCUT2D eigenvalue weighted by atomic mass is 16.5. The number of likely N-dealkylation sites (N-methyl/N-ethyl adjacent to an activating group) is 1. The number of pyridine rings is 1. The van der Waals surface area contributed by atoms with Gasteiger partial charge in [-0.1, -0.05) is 36.4 Å². The standard InChI is InChI=1S/C21H22N2O2/c1-22(14-18-12-16-8-4-6-10-20(16)25-18)13-17-11-15-7-3-5-9-19(15)23(2)21(17)24/h3-11,18H,12-14H2,1-2H3/t18-/m0/s1. The minimum atomic E-state index is 0.0705. The van der Waals surface area contributed by atoms with E-state index < -0.39 is 0 Å². The summed E-state index contributed by atoms with van der Waals surface area (Å²) in [5.41, 5.74) is 3.12. The normalized spacial score (nSPS) is 16.2. The van der Waals surface area contributed by atoms with E-state index in [4.69, 9.17) is 4.74 Å². The summed E-state index contributed by atoms with van der Waals surface area (Å²) < 4.78 is 7.75. The van der Waals surface area contributed by atoms with Crippen molar-refractivity contribution in [3.8, 4) is 5.75 Å². The molecule has 0 amide bonds. The van der Waals surface area contributed by atoms with Crippen LogP contribution in [0.5, 0.6) is 5.75 Å². The summed E-state index contributed by atoms with van der Waals surface area (Å²) >= 11 is 0. The molecule has 0 radical (unpaired) electrons. The fourth-order valence-electron chi connectivity index (χ4n) is 3.66. The number of fused-ring (bicyclic) bond motifs is 2. The van der Waals surface area contributed by atoms with Crippen LogP contribution < -0.4 is 10.3 Å². The average molecular weight is 334 g/mol. The maximum absolute atomic E-state index is 12.6. The molecule has 128 valence electrons. The molecular weight excluding hydrogens is 312 g/mol. The maximum Gasteiger partial charge on any atom is 0.255 e. The first-order valence-electron chi connectivity index (χ1n) is 8.62. The molecule has 0 bridgehead atoms. The zero-order valence-corrected chi connectivity index (χ0v) is 14.6. The topological polar surface area (TPSA) is 34.5 Å². The second-order valence-electron chi connectivity index (χ2n) is 6.84. The van der Waals surface area contributed by atoms with Gasteiger partial charge < -0.3 is 9.30 Å². The molecule has 4 rings (SSSR count). The first kappa shape index (κ1) is 15.9. The van der Waals surface area contributed by atoms with Gasteiger partial charge >= 0.3 is 0 Å². The predicted molar refractivity (Wildman–Crippen MR) is 100 cm³/mol. The van der Waals surface area contributed by atoms with Crippen molar-refractivity contribution in [2.24, 2.45) is 7.05 Å². The van der Waals surface area contributed by atoms with Crippen molar-refractivity contribution in [1.82, 2.24) is 9.47 Å². The van der Waals surface area contributed by atoms with Crippen molar-refractivity contribution in [3.63, 3.8) is 0 Å². The van der Waals surface area contributed by atoms with Gasteiger partial charge in [-0.05, 0) is 36.2 Å². The molecule has 0 N–H and O–H groups in total. The van der Waals surface area contributed by atoms with Crippen LogP contribution in [0.3, 0.4) is 0 Å². The van der Waals surface area contributed by atoms with Crippen LogP contribution >= 0.6 is 0 Å². The van der Waals surface area contributed by atoms with Gasteiger partial charge in [-0.25, -0.2) is 0 Å². The summed E-state index contributed by atoms with van der Waals surface area (Å²) in [6.07, 6.45) is 1.07. The van der Waals surface area contributed by atoms with E-state index in [0.717, 1.165) is 35.2 Å². The first-order valence-corrected chi connectivity index (χ1v) is 8.62. The zero-order chi connectivity index (χ0) is 17.4. The Balaban J connectivity index is 1.50. The maximum atomic E-state index is 12.6. The number of hydrogen-bond acceptors (Lipinski definition) is 3. The zero-order valence-electron chi connectivity index (χ0n) is 14.6. The summed E-state index contributed by atoms with van der Waals surface area (Å²) in [4.78, 5) is 14.8. The summed E-state index contributed by atoms with van der Waals surface area (Å²) in [5, 5.41) is 1.09. The van der Waals surface area contributed by atoms with Crippen LogP contribution in [0.1, 0.15) is 11.1 Å². The van der Waals surface area contributed by atoms with Crippen LogP contribution in [0.25, 0.3) is 10.9 Å². The van der Waals surface area contributed by atoms with Crippen molar-refractivity contribution in [3.05, 3.63) is 76.1 Å². The van der Waals surface area contributed by atoms with E-state index in [0.29, 0.717) is 6.54 Å². The van der Waals surface area contributed by atoms with Crippen molar-refractivity contribution < 1.29 is 4.74 Å². The van der Waals surface area contributed by atoms with Crippen molar-refractivity contribution in [2.75, 3.05) is 13.6 Å². The van der Waals surface area contributed by atoms with E-state index in [1.807, 2.05) is 56.6 Å². The van der Waals surface area contributed by atoms with Crippen LogP contribution in [0, 0.1) is 0 Å². The first-order chi connectivity index (χ1) is 12.1. The molecule has 0 spiro atoms. The molecule has 0 unspecified atom stereocenters. The number of aryl methyl sites for hydroxylation is 1. The Morgan fingerprint density at radius 3 is 2.76 bits per heavy atom. The molecule has 1 atom stereocenters. The second kappa shape index (κ2) is 6.37. The largest absolute Gasteiger partial charge is 0.488 e. The van der Waals surface area contributed by atoms with E-state index >= 15 is 0 Å². The minimum Gasteiger partial charge on any atom is -0.488 e. The van der Waals surface area contributed by atoms with Gasteiger partial charge in [0.25, 0.3) is 5.56 Å². The summed E-state index contributed by atoms with van der Waals surface area (Å²) in [7, 11) is 3.88. The van der Waals surface area contributed by atoms with E-state index in [9.17, 15) is 4.79 Å². The second-order valence-corrected chi connectivity index (χ2v) is 6.84. The van der Waals surface area contributed by atoms with Gasteiger partial charge in [0.2, 0.25) is 0 Å². The number of hydrogen-bond donors (Lipinski definition) is 0. The molecule has 1 aromatic heterocycles. The van der Waals surface area contributed by atoms with Gasteiger partial charge in [0.05, 0.1) is 5.52 Å². The van der Waals surface area contributed by atoms with Crippen LogP contribution in [0.15, 0.2) is 59.4 Å². The fraction of sp³-hybridized carbons (Fsp3) is 0.286. The number of rotatable bonds is 4. The Kier molecular flexibility index (Phi) is 4.06. The number of aromatic nitrogens is 1. The Hall–Kier alpha value is -2.59. The third kappa shape index (κ3) is 3.05. The smallest absolute Gasteiger partial charge is 0.255 e. The molecule has 0 saturated heterocycles. The van der Waals surface area contributed by atoms with E-state index in [1.54, 1.807) is 4.57 Å². The Morgan fingerprint density at radius 1 is 1.16 bits per heavy atom. The molecule has 1 aliphatic heterocycles. The molecular formula is C21H22N2O2. The van der Waals surface area contributed by atoms with Crippen molar-refractivity contribution in [2.45, 2.75) is 19.1 Å². The lowest BCUT2D eigenvalue weighted by Crippen LogP contribution is -2.34. The number of benzene rings is 2. The van der Waals surface area contributed by atoms with E-state index in [1.165, 1.54) is 5.56 Å². The lowest BCUT2D eigenvalue weighted by atomic mass is 10.1. The highest BCUT2D eigenvalue weighted by molar-refractivity contribution is 5.79. The van der Waals surface area contributed by atoms with Gasteiger partial charge in [0.1, 0.15) is 11.9 Å². The predicted octanol–water partition coefficient (Wildman–Crippen LogP) is 2.97. The quantitative estimate of drug-likeness (QED) is 0.736. The van der Waals surface area contributed by atoms with Crippen molar-refractivity contribution >= 4 is 10.9 Å². The lowest BCUT2D eigenvalue weighted by Gasteiger charge is -2.21. The van der Waals surface area contributed by atoms with Gasteiger partial charge in [-0.15, -0.1) is 0 Å². The molecule has 25 heavy (non-hydrogen) atoms. The summed E-state index contributed by atoms with van der Waals surface area (Å²) in [6.45, 7) is 1.42. The number of para-hydroxylation sites is 2. The average Bonchev–Trinajstić information content (AvgIpc) is 3.01. The highest BCUT2D eigenvalue weighted by Gasteiger charge is 2.23. The summed E-state index contributed by atoms with van der Waals surface area (Å²) in [5.74, 6) is 0.988. The molecule has 2 heterocycles. The lowest BCUT2D eigenvalue weighted by molar-refractivity contribution is 0.165. The van der Waals surface area contributed by atoms with Crippen LogP contribution in [-0.2, 0) is 20.0 Å². The third-order valence-electron chi connectivity index (χ3n) is 4.88. The Labute approximate surface area is 147 Å². The summed E-state index contributed by atoms with van der Waals surface area (Å²) in [6, 6.07) is 18.2. The van der Waals surface area contributed by atoms with Gasteiger partial charge in [0, 0.05) is 32.1 Å². The van der Waals surface area contributed by atoms with Crippen molar-refractivity contribution in [1.29, 1.82) is 0 Å². The van der Waals surface area contributed by atoms with Gasteiger partial charge in [-0.3, -0.25) is 9.69 Å². The van der Waals surface area contributed by atoms with Crippen LogP contribution in [-0.4, -0.2) is 29.2 Å². The minimum absolute atomic E-state index is 0.0705. The molecule has 0 aliphatic carbocycles. The Morgan fingerprint density at radius 2 is 1.92 bits per heavy atom. The van der Waals surface area contributed by atoms with E-state index in [2.05, 4.69) is 17.0 Å². The highest BCUT2D eigenvalue weighted by Crippen LogP contribution is 2.28. The SMILES string of the molecule is CN(Cc1cc2ccccc2n(C)c1=O)C[C@@H]1Cc2ccccc2O1. The van der Waals surface area contributed by atoms with Crippen LogP contribution in [0.2, 0.25) is 0 Å². The number of nitrogens with zero attached hydrogens (tertiary/aromatic N) is 2. The molecule has 2 aromatic carbocycles. The van der Waals surface area contributed by atoms with Gasteiger partial charge in [-0.2, -0.15) is 0 Å². The molecule has 0 saturated carbocycles. The van der Waals surface area contributed by atoms with Crippen LogP contribution in [0.4, 0.5) is 0 Å².